The molecule has 9 heteroatoms. The average molecular weight is 516 g/mol. The van der Waals surface area contributed by atoms with E-state index in [1.165, 1.54) is 5.57 Å². The Labute approximate surface area is 211 Å². The maximum Gasteiger partial charge on any atom is 0.297 e. The molecule has 0 N–H and O–H groups in total. The van der Waals surface area contributed by atoms with E-state index in [1.807, 2.05) is 6.08 Å². The number of carbonyl (C=O) groups is 2. The van der Waals surface area contributed by atoms with Crippen LogP contribution in [0.5, 0.6) is 0 Å². The molecule has 36 heavy (non-hydrogen) atoms. The highest BCUT2D eigenvalue weighted by atomic mass is 32.2. The van der Waals surface area contributed by atoms with Crippen molar-refractivity contribution in [1.29, 1.82) is 0 Å². The molecule has 1 aromatic carbocycles. The van der Waals surface area contributed by atoms with Crippen molar-refractivity contribution < 1.29 is 27.1 Å². The molecule has 8 nitrogen and oxygen atoms in total. The van der Waals surface area contributed by atoms with Crippen molar-refractivity contribution in [1.82, 2.24) is 0 Å². The van der Waals surface area contributed by atoms with E-state index in [1.54, 1.807) is 0 Å². The van der Waals surface area contributed by atoms with Gasteiger partial charge in [0.05, 0.1) is 9.82 Å². The Morgan fingerprint density at radius 1 is 1.06 bits per heavy atom. The third-order valence-corrected chi connectivity index (χ3v) is 11.3. The first-order valence-electron chi connectivity index (χ1n) is 12.9. The third kappa shape index (κ3) is 4.04. The Hall–Kier alpha value is -2.39. The second-order valence-electron chi connectivity index (χ2n) is 11.6. The second kappa shape index (κ2) is 8.87. The lowest BCUT2D eigenvalue weighted by atomic mass is 9.46. The number of ketones is 2. The number of rotatable bonds is 6. The molecule has 3 fully saturated rings. The second-order valence-corrected chi connectivity index (χ2v) is 13.2. The molecule has 0 spiro atoms. The number of nitro groups is 1. The van der Waals surface area contributed by atoms with E-state index in [9.17, 15) is 28.1 Å². The Bertz CT molecular complexity index is 1240. The predicted octanol–water partition coefficient (Wildman–Crippen LogP) is 5.02. The number of hydrogen-bond donors (Lipinski definition) is 0. The summed E-state index contributed by atoms with van der Waals surface area (Å²) in [5, 5.41) is 10.8. The van der Waals surface area contributed by atoms with Crippen molar-refractivity contribution in [2.45, 2.75) is 70.1 Å². The van der Waals surface area contributed by atoms with E-state index in [2.05, 4.69) is 13.8 Å². The molecule has 1 aromatic rings. The maximum atomic E-state index is 13.3. The van der Waals surface area contributed by atoms with Crippen LogP contribution in [0.15, 0.2) is 40.8 Å². The highest BCUT2D eigenvalue weighted by molar-refractivity contribution is 7.86. The third-order valence-electron chi connectivity index (χ3n) is 10.0. The van der Waals surface area contributed by atoms with Gasteiger partial charge < -0.3 is 0 Å². The van der Waals surface area contributed by atoms with Crippen molar-refractivity contribution in [3.63, 3.8) is 0 Å². The van der Waals surface area contributed by atoms with Gasteiger partial charge in [-0.3, -0.25) is 23.9 Å². The van der Waals surface area contributed by atoms with Gasteiger partial charge in [-0.05, 0) is 91.7 Å². The minimum absolute atomic E-state index is 0.0716. The number of nitrogens with zero attached hydrogens (tertiary/aromatic N) is 1. The largest absolute Gasteiger partial charge is 0.297 e. The molecule has 0 radical (unpaired) electrons. The molecule has 0 bridgehead atoms. The van der Waals surface area contributed by atoms with E-state index >= 15 is 0 Å². The lowest BCUT2D eigenvalue weighted by Gasteiger charge is -2.58. The normalized spacial score (nSPS) is 35.8. The SMILES string of the molecule is C[C@]12CC[C@H]3[C@@H](CCC4=CC(=O)CC[C@@]43C)[C@@H]1CC[C@@H]2C(=O)COS(=O)(=O)c1ccc([N+](=O)[O-])cc1. The van der Waals surface area contributed by atoms with Crippen LogP contribution in [0.4, 0.5) is 5.69 Å². The van der Waals surface area contributed by atoms with Crippen LogP contribution < -0.4 is 0 Å². The van der Waals surface area contributed by atoms with Gasteiger partial charge in [-0.25, -0.2) is 0 Å². The van der Waals surface area contributed by atoms with Gasteiger partial charge in [-0.2, -0.15) is 8.42 Å². The van der Waals surface area contributed by atoms with Crippen LogP contribution in [0.3, 0.4) is 0 Å². The summed E-state index contributed by atoms with van der Waals surface area (Å²) in [6, 6.07) is 4.45. The van der Waals surface area contributed by atoms with Gasteiger partial charge in [0.25, 0.3) is 15.8 Å². The summed E-state index contributed by atoms with van der Waals surface area (Å²) in [6.45, 7) is 4.01. The standard InChI is InChI=1S/C27H33NO7S/c1-26-13-11-19(29)15-17(26)3-8-21-22-9-10-24(27(22,2)14-12-23(21)26)25(30)16-35-36(33,34)20-6-4-18(5-7-20)28(31)32/h4-7,15,21-24H,3,8-14,16H2,1-2H3/t21-,22-,23-,24+,26-,27-/m0/s1. The number of Topliss-reactive ketones (excluding diaryl/α,β-unsaturated/α-hetero) is 1. The fourth-order valence-electron chi connectivity index (χ4n) is 8.13. The van der Waals surface area contributed by atoms with E-state index in [0.717, 1.165) is 69.2 Å². The Balaban J connectivity index is 1.28. The molecular formula is C27H33NO7S. The predicted molar refractivity (Wildman–Crippen MR) is 131 cm³/mol. The van der Waals surface area contributed by atoms with Crippen molar-refractivity contribution in [2.24, 2.45) is 34.5 Å². The van der Waals surface area contributed by atoms with Crippen molar-refractivity contribution >= 4 is 27.4 Å². The molecule has 0 heterocycles. The van der Waals surface area contributed by atoms with Gasteiger partial charge in [-0.1, -0.05) is 19.4 Å². The highest BCUT2D eigenvalue weighted by Gasteiger charge is 2.60. The maximum absolute atomic E-state index is 13.3. The van der Waals surface area contributed by atoms with Crippen LogP contribution >= 0.6 is 0 Å². The zero-order valence-electron chi connectivity index (χ0n) is 20.8. The van der Waals surface area contributed by atoms with Gasteiger partial charge in [0, 0.05) is 24.5 Å². The lowest BCUT2D eigenvalue weighted by molar-refractivity contribution is -0.384. The summed E-state index contributed by atoms with van der Waals surface area (Å²) >= 11 is 0. The lowest BCUT2D eigenvalue weighted by Crippen LogP contribution is -2.51. The van der Waals surface area contributed by atoms with E-state index in [0.29, 0.717) is 24.2 Å². The number of benzene rings is 1. The number of fused-ring (bicyclic) bond motifs is 5. The monoisotopic (exact) mass is 515 g/mol. The molecule has 4 aliphatic carbocycles. The van der Waals surface area contributed by atoms with Crippen LogP contribution in [0, 0.1) is 44.6 Å². The molecule has 6 atom stereocenters. The number of hydrogen-bond acceptors (Lipinski definition) is 7. The van der Waals surface area contributed by atoms with Gasteiger partial charge in [0.1, 0.15) is 6.61 Å². The van der Waals surface area contributed by atoms with E-state index in [-0.39, 0.29) is 38.9 Å². The first kappa shape index (κ1) is 25.3. The van der Waals surface area contributed by atoms with Crippen molar-refractivity contribution in [2.75, 3.05) is 6.61 Å². The fraction of sp³-hybridized carbons (Fsp3) is 0.630. The summed E-state index contributed by atoms with van der Waals surface area (Å²) in [6.07, 6.45) is 9.06. The van der Waals surface area contributed by atoms with Gasteiger partial charge in [-0.15, -0.1) is 0 Å². The minimum atomic E-state index is -4.20. The number of allylic oxidation sites excluding steroid dienone is 1. The number of carbonyl (C=O) groups excluding carboxylic acids is 2. The zero-order valence-corrected chi connectivity index (χ0v) is 21.6. The molecule has 0 aliphatic heterocycles. The average Bonchev–Trinajstić information content (AvgIpc) is 3.20. The first-order chi connectivity index (χ1) is 17.0. The minimum Gasteiger partial charge on any atom is -0.297 e. The molecule has 4 aliphatic rings. The molecular weight excluding hydrogens is 482 g/mol. The number of nitro benzene ring substituents is 1. The Morgan fingerprint density at radius 2 is 1.78 bits per heavy atom. The van der Waals surface area contributed by atoms with Crippen molar-refractivity contribution in [3.05, 3.63) is 46.0 Å². The van der Waals surface area contributed by atoms with Crippen LogP contribution in [0.25, 0.3) is 0 Å². The van der Waals surface area contributed by atoms with Crippen LogP contribution in [0.1, 0.15) is 65.2 Å². The number of non-ortho nitro benzene ring substituents is 1. The van der Waals surface area contributed by atoms with Gasteiger partial charge in [0.2, 0.25) is 0 Å². The summed E-state index contributed by atoms with van der Waals surface area (Å²) in [5.41, 5.74) is 0.992. The van der Waals surface area contributed by atoms with Crippen LogP contribution in [-0.4, -0.2) is 31.5 Å². The van der Waals surface area contributed by atoms with Crippen molar-refractivity contribution in [3.8, 4) is 0 Å². The molecule has 5 rings (SSSR count). The Morgan fingerprint density at radius 3 is 2.47 bits per heavy atom. The van der Waals surface area contributed by atoms with Crippen LogP contribution in [-0.2, 0) is 23.9 Å². The molecule has 0 aromatic heterocycles. The molecule has 0 unspecified atom stereocenters. The first-order valence-corrected chi connectivity index (χ1v) is 14.3. The summed E-state index contributed by atoms with van der Waals surface area (Å²) < 4.78 is 30.3. The molecule has 3 saturated carbocycles. The van der Waals surface area contributed by atoms with Crippen LogP contribution in [0.2, 0.25) is 0 Å². The topological polar surface area (TPSA) is 121 Å². The van der Waals surface area contributed by atoms with E-state index in [4.69, 9.17) is 4.18 Å². The highest BCUT2D eigenvalue weighted by Crippen LogP contribution is 2.66. The van der Waals surface area contributed by atoms with E-state index < -0.39 is 21.6 Å². The zero-order chi connectivity index (χ0) is 25.9. The molecule has 0 saturated heterocycles. The smallest absolute Gasteiger partial charge is 0.297 e. The van der Waals surface area contributed by atoms with Gasteiger partial charge >= 0.3 is 0 Å². The molecule has 0 amide bonds. The summed E-state index contributed by atoms with van der Waals surface area (Å²) in [7, 11) is -4.20. The summed E-state index contributed by atoms with van der Waals surface area (Å²) in [5.74, 6) is 1.27. The van der Waals surface area contributed by atoms with Gasteiger partial charge in [0.15, 0.2) is 11.6 Å². The molecule has 194 valence electrons. The quantitative estimate of drug-likeness (QED) is 0.296. The Kier molecular flexibility index (Phi) is 6.23. The summed E-state index contributed by atoms with van der Waals surface area (Å²) in [4.78, 5) is 35.3. The fourth-order valence-corrected chi connectivity index (χ4v) is 9.00.